The van der Waals surface area contributed by atoms with Gasteiger partial charge < -0.3 is 9.47 Å². The van der Waals surface area contributed by atoms with Gasteiger partial charge in [0.25, 0.3) is 0 Å². The van der Waals surface area contributed by atoms with Crippen LogP contribution in [0.15, 0.2) is 42.5 Å². The Morgan fingerprint density at radius 1 is 1.25 bits per heavy atom. The second-order valence-corrected chi connectivity index (χ2v) is 5.53. The molecule has 104 valence electrons. The van der Waals surface area contributed by atoms with Crippen LogP contribution in [-0.4, -0.2) is 13.2 Å². The summed E-state index contributed by atoms with van der Waals surface area (Å²) in [6.07, 6.45) is 0.983. The molecule has 0 saturated heterocycles. The molecule has 0 spiro atoms. The van der Waals surface area contributed by atoms with Gasteiger partial charge in [0.05, 0.1) is 13.2 Å². The third kappa shape index (κ3) is 2.75. The van der Waals surface area contributed by atoms with E-state index in [0.29, 0.717) is 17.5 Å². The summed E-state index contributed by atoms with van der Waals surface area (Å²) in [6, 6.07) is 13.9. The van der Waals surface area contributed by atoms with Crippen molar-refractivity contribution in [2.45, 2.75) is 19.3 Å². The van der Waals surface area contributed by atoms with Crippen LogP contribution in [0.3, 0.4) is 0 Å². The second kappa shape index (κ2) is 5.76. The third-order valence-electron chi connectivity index (χ3n) is 3.67. The molecule has 1 heterocycles. The van der Waals surface area contributed by atoms with Crippen LogP contribution in [0.4, 0.5) is 0 Å². The maximum atomic E-state index is 6.02. The average Bonchev–Trinajstić information content (AvgIpc) is 2.48. The normalized spacial score (nSPS) is 17.2. The van der Waals surface area contributed by atoms with Crippen molar-refractivity contribution in [3.63, 3.8) is 0 Å². The summed E-state index contributed by atoms with van der Waals surface area (Å²) in [5.74, 6) is 2.22. The van der Waals surface area contributed by atoms with Crippen LogP contribution >= 0.6 is 11.6 Å². The number of halogens is 1. The van der Waals surface area contributed by atoms with Crippen molar-refractivity contribution in [2.24, 2.45) is 0 Å². The predicted molar refractivity (Wildman–Crippen MR) is 81.0 cm³/mol. The van der Waals surface area contributed by atoms with Gasteiger partial charge in [0.1, 0.15) is 11.5 Å². The quantitative estimate of drug-likeness (QED) is 0.822. The maximum absolute atomic E-state index is 6.02. The molecule has 0 amide bonds. The van der Waals surface area contributed by atoms with Crippen molar-refractivity contribution in [1.29, 1.82) is 0 Å². The van der Waals surface area contributed by atoms with Crippen LogP contribution < -0.4 is 9.47 Å². The van der Waals surface area contributed by atoms with E-state index in [9.17, 15) is 0 Å². The Morgan fingerprint density at radius 3 is 3.00 bits per heavy atom. The van der Waals surface area contributed by atoms with Crippen LogP contribution in [0.5, 0.6) is 11.5 Å². The molecule has 0 aliphatic carbocycles. The monoisotopic (exact) mass is 288 g/mol. The molecule has 3 rings (SSSR count). The largest absolute Gasteiger partial charge is 0.493 e. The fourth-order valence-electron chi connectivity index (χ4n) is 2.51. The van der Waals surface area contributed by atoms with Crippen LogP contribution in [0.25, 0.3) is 0 Å². The van der Waals surface area contributed by atoms with Crippen molar-refractivity contribution in [3.8, 4) is 11.5 Å². The average molecular weight is 289 g/mol. The fourth-order valence-corrected chi connectivity index (χ4v) is 2.67. The Labute approximate surface area is 124 Å². The minimum atomic E-state index is 0.373. The van der Waals surface area contributed by atoms with Gasteiger partial charge >= 0.3 is 0 Å². The molecule has 0 N–H and O–H groups in total. The molecule has 0 aromatic heterocycles. The number of para-hydroxylation sites is 1. The molecule has 0 fully saturated rings. The standard InChI is InChI=1S/C17H17ClO2/c1-12-6-7-14(18)10-17(12)20-11-13-8-9-19-16-5-3-2-4-15(13)16/h2-7,10,13H,8-9,11H2,1H3. The van der Waals surface area contributed by atoms with Crippen LogP contribution in [-0.2, 0) is 0 Å². The van der Waals surface area contributed by atoms with E-state index < -0.39 is 0 Å². The fraction of sp³-hybridized carbons (Fsp3) is 0.294. The lowest BCUT2D eigenvalue weighted by atomic mass is 9.94. The first-order valence-corrected chi connectivity index (χ1v) is 7.22. The molecule has 2 aromatic rings. The van der Waals surface area contributed by atoms with Gasteiger partial charge in [0.15, 0.2) is 0 Å². The van der Waals surface area contributed by atoms with Gasteiger partial charge in [-0.25, -0.2) is 0 Å². The first-order chi connectivity index (χ1) is 9.74. The van der Waals surface area contributed by atoms with E-state index in [-0.39, 0.29) is 0 Å². The summed E-state index contributed by atoms with van der Waals surface area (Å²) in [5, 5.41) is 0.706. The van der Waals surface area contributed by atoms with Crippen molar-refractivity contribution >= 4 is 11.6 Å². The first-order valence-electron chi connectivity index (χ1n) is 6.85. The highest BCUT2D eigenvalue weighted by Gasteiger charge is 2.21. The van der Waals surface area contributed by atoms with E-state index >= 15 is 0 Å². The second-order valence-electron chi connectivity index (χ2n) is 5.09. The van der Waals surface area contributed by atoms with Gasteiger partial charge in [-0.3, -0.25) is 0 Å². The summed E-state index contributed by atoms with van der Waals surface area (Å²) in [6.45, 7) is 3.44. The van der Waals surface area contributed by atoms with Gasteiger partial charge in [-0.15, -0.1) is 0 Å². The van der Waals surface area contributed by atoms with Crippen molar-refractivity contribution in [3.05, 3.63) is 58.6 Å². The molecular formula is C17H17ClO2. The van der Waals surface area contributed by atoms with Gasteiger partial charge in [0, 0.05) is 16.5 Å². The topological polar surface area (TPSA) is 18.5 Å². The van der Waals surface area contributed by atoms with Crippen LogP contribution in [0.2, 0.25) is 5.02 Å². The third-order valence-corrected chi connectivity index (χ3v) is 3.91. The minimum Gasteiger partial charge on any atom is -0.493 e. The molecule has 3 heteroatoms. The Kier molecular flexibility index (Phi) is 3.83. The van der Waals surface area contributed by atoms with E-state index in [4.69, 9.17) is 21.1 Å². The lowest BCUT2D eigenvalue weighted by molar-refractivity contribution is 0.217. The lowest BCUT2D eigenvalue weighted by Crippen LogP contribution is -2.19. The number of rotatable bonds is 3. The molecule has 0 bridgehead atoms. The summed E-state index contributed by atoms with van der Waals surface area (Å²) < 4.78 is 11.6. The maximum Gasteiger partial charge on any atom is 0.123 e. The van der Waals surface area contributed by atoms with E-state index in [1.807, 2.05) is 43.3 Å². The lowest BCUT2D eigenvalue weighted by Gasteiger charge is -2.26. The number of fused-ring (bicyclic) bond motifs is 1. The highest BCUT2D eigenvalue weighted by atomic mass is 35.5. The van der Waals surface area contributed by atoms with E-state index in [1.54, 1.807) is 0 Å². The Hall–Kier alpha value is -1.67. The summed E-state index contributed by atoms with van der Waals surface area (Å²) >= 11 is 6.02. The zero-order chi connectivity index (χ0) is 13.9. The number of aryl methyl sites for hydroxylation is 1. The number of benzene rings is 2. The Balaban J connectivity index is 1.75. The summed E-state index contributed by atoms with van der Waals surface area (Å²) in [7, 11) is 0. The van der Waals surface area contributed by atoms with Gasteiger partial charge in [-0.1, -0.05) is 35.9 Å². The zero-order valence-corrected chi connectivity index (χ0v) is 12.2. The molecule has 1 atom stereocenters. The number of hydrogen-bond acceptors (Lipinski definition) is 2. The Morgan fingerprint density at radius 2 is 2.10 bits per heavy atom. The SMILES string of the molecule is Cc1ccc(Cl)cc1OCC1CCOc2ccccc21. The highest BCUT2D eigenvalue weighted by molar-refractivity contribution is 6.30. The molecule has 0 radical (unpaired) electrons. The highest BCUT2D eigenvalue weighted by Crippen LogP contribution is 2.34. The molecule has 0 saturated carbocycles. The molecule has 2 nitrogen and oxygen atoms in total. The molecular weight excluding hydrogens is 272 g/mol. The van der Waals surface area contributed by atoms with Gasteiger partial charge in [-0.2, -0.15) is 0 Å². The minimum absolute atomic E-state index is 0.373. The van der Waals surface area contributed by atoms with Crippen molar-refractivity contribution < 1.29 is 9.47 Å². The summed E-state index contributed by atoms with van der Waals surface area (Å²) in [4.78, 5) is 0. The number of ether oxygens (including phenoxy) is 2. The molecule has 1 aliphatic heterocycles. The summed E-state index contributed by atoms with van der Waals surface area (Å²) in [5.41, 5.74) is 2.34. The van der Waals surface area contributed by atoms with Crippen LogP contribution in [0, 0.1) is 6.92 Å². The van der Waals surface area contributed by atoms with Crippen molar-refractivity contribution in [2.75, 3.05) is 13.2 Å². The molecule has 2 aromatic carbocycles. The van der Waals surface area contributed by atoms with E-state index in [1.165, 1.54) is 5.56 Å². The van der Waals surface area contributed by atoms with Gasteiger partial charge in [-0.05, 0) is 37.1 Å². The van der Waals surface area contributed by atoms with Gasteiger partial charge in [0.2, 0.25) is 0 Å². The predicted octanol–water partition coefficient (Wildman–Crippen LogP) is 4.59. The van der Waals surface area contributed by atoms with Crippen molar-refractivity contribution in [1.82, 2.24) is 0 Å². The molecule has 20 heavy (non-hydrogen) atoms. The molecule has 1 aliphatic rings. The zero-order valence-electron chi connectivity index (χ0n) is 11.4. The van der Waals surface area contributed by atoms with E-state index in [2.05, 4.69) is 6.07 Å². The smallest absolute Gasteiger partial charge is 0.123 e. The van der Waals surface area contributed by atoms with Crippen LogP contribution in [0.1, 0.15) is 23.5 Å². The number of hydrogen-bond donors (Lipinski definition) is 0. The Bertz CT molecular complexity index is 610. The van der Waals surface area contributed by atoms with E-state index in [0.717, 1.165) is 30.1 Å². The first kappa shape index (κ1) is 13.3. The molecule has 1 unspecified atom stereocenters.